The van der Waals surface area contributed by atoms with E-state index in [4.69, 9.17) is 4.74 Å². The number of amides is 1. The van der Waals surface area contributed by atoms with Crippen molar-refractivity contribution in [3.05, 3.63) is 75.2 Å². The summed E-state index contributed by atoms with van der Waals surface area (Å²) in [6.45, 7) is 3.52. The van der Waals surface area contributed by atoms with Gasteiger partial charge in [-0.25, -0.2) is 21.9 Å². The predicted octanol–water partition coefficient (Wildman–Crippen LogP) is 3.49. The number of likely N-dealkylation sites (tertiary alicyclic amines) is 1. The molecule has 39 heavy (non-hydrogen) atoms. The van der Waals surface area contributed by atoms with E-state index in [1.165, 1.54) is 12.0 Å². The van der Waals surface area contributed by atoms with E-state index in [-0.39, 0.29) is 13.1 Å². The minimum Gasteiger partial charge on any atom is -0.506 e. The number of aromatic amines is 1. The average molecular weight is 562 g/mol. The highest BCUT2D eigenvalue weighted by Gasteiger charge is 2.38. The van der Waals surface area contributed by atoms with Crippen LogP contribution >= 0.6 is 0 Å². The molecule has 0 atom stereocenters. The molecule has 1 aliphatic heterocycles. The predicted molar refractivity (Wildman–Crippen MR) is 140 cm³/mol. The van der Waals surface area contributed by atoms with Crippen molar-refractivity contribution < 1.29 is 31.8 Å². The van der Waals surface area contributed by atoms with Crippen LogP contribution in [-0.2, 0) is 16.4 Å². The number of hydrogen-bond donors (Lipinski definition) is 3. The van der Waals surface area contributed by atoms with Crippen molar-refractivity contribution in [2.45, 2.75) is 44.0 Å². The number of carbonyl (C=O) groups excluding carboxylic acids is 1. The van der Waals surface area contributed by atoms with Crippen LogP contribution in [0.4, 0.5) is 8.78 Å². The smallest absolute Gasteiger partial charge is 0.264 e. The van der Waals surface area contributed by atoms with Gasteiger partial charge in [0, 0.05) is 29.9 Å². The summed E-state index contributed by atoms with van der Waals surface area (Å²) in [5.41, 5.74) is 0.811. The van der Waals surface area contributed by atoms with Gasteiger partial charge in [-0.15, -0.1) is 0 Å². The van der Waals surface area contributed by atoms with Crippen LogP contribution in [0.15, 0.2) is 46.1 Å². The van der Waals surface area contributed by atoms with E-state index in [0.29, 0.717) is 29.0 Å². The molecule has 0 bridgehead atoms. The fourth-order valence-electron chi connectivity index (χ4n) is 4.63. The number of nitrogens with one attached hydrogen (secondary N) is 2. The Labute approximate surface area is 224 Å². The summed E-state index contributed by atoms with van der Waals surface area (Å²) in [5.74, 6) is -3.64. The van der Waals surface area contributed by atoms with Gasteiger partial charge in [0.15, 0.2) is 11.6 Å². The Balaban J connectivity index is 1.64. The fraction of sp³-hybridized carbons (Fsp3) is 0.333. The molecule has 1 aliphatic rings. The van der Waals surface area contributed by atoms with E-state index in [0.717, 1.165) is 36.6 Å². The van der Waals surface area contributed by atoms with E-state index in [2.05, 4.69) is 9.71 Å². The molecule has 0 unspecified atom stereocenters. The number of nitrogens with zero attached hydrogens (tertiary/aromatic N) is 1. The lowest BCUT2D eigenvalue weighted by Crippen LogP contribution is -2.61. The number of rotatable bonds is 9. The van der Waals surface area contributed by atoms with Crippen LogP contribution in [0.3, 0.4) is 0 Å². The third-order valence-corrected chi connectivity index (χ3v) is 8.20. The molecular formula is C27H29F2N3O6S. The molecular weight excluding hydrogens is 532 g/mol. The Morgan fingerprint density at radius 2 is 1.87 bits per heavy atom. The van der Waals surface area contributed by atoms with Gasteiger partial charge in [0.05, 0.1) is 13.2 Å². The van der Waals surface area contributed by atoms with Gasteiger partial charge in [0.1, 0.15) is 22.0 Å². The zero-order valence-corrected chi connectivity index (χ0v) is 22.5. The maximum absolute atomic E-state index is 14.0. The van der Waals surface area contributed by atoms with Crippen LogP contribution in [0, 0.1) is 18.6 Å². The van der Waals surface area contributed by atoms with Crippen molar-refractivity contribution in [2.24, 2.45) is 0 Å². The molecule has 0 aliphatic carbocycles. The van der Waals surface area contributed by atoms with Crippen LogP contribution in [0.25, 0.3) is 11.1 Å². The highest BCUT2D eigenvalue weighted by molar-refractivity contribution is 7.89. The molecule has 2 heterocycles. The van der Waals surface area contributed by atoms with Gasteiger partial charge in [-0.05, 0) is 43.5 Å². The van der Waals surface area contributed by atoms with Gasteiger partial charge in [0.25, 0.3) is 11.5 Å². The second kappa shape index (κ2) is 11.1. The van der Waals surface area contributed by atoms with Crippen LogP contribution in [-0.4, -0.2) is 55.6 Å². The molecule has 1 saturated heterocycles. The van der Waals surface area contributed by atoms with Gasteiger partial charge in [-0.1, -0.05) is 31.5 Å². The molecule has 208 valence electrons. The molecule has 4 rings (SSSR count). The van der Waals surface area contributed by atoms with E-state index < -0.39 is 55.4 Å². The lowest BCUT2D eigenvalue weighted by molar-refractivity contribution is 0.0586. The lowest BCUT2D eigenvalue weighted by atomic mass is 9.93. The Morgan fingerprint density at radius 3 is 2.54 bits per heavy atom. The van der Waals surface area contributed by atoms with Crippen LogP contribution in [0.2, 0.25) is 0 Å². The first-order valence-electron chi connectivity index (χ1n) is 12.4. The molecule has 0 radical (unpaired) electrons. The first-order chi connectivity index (χ1) is 18.5. The van der Waals surface area contributed by atoms with Gasteiger partial charge < -0.3 is 19.7 Å². The monoisotopic (exact) mass is 561 g/mol. The summed E-state index contributed by atoms with van der Waals surface area (Å²) >= 11 is 0. The van der Waals surface area contributed by atoms with E-state index in [9.17, 15) is 31.9 Å². The number of carbonyl (C=O) groups is 1. The molecule has 1 fully saturated rings. The number of pyridine rings is 1. The standard InChI is InChI=1S/C27H29F2N3O6S/c1-4-5-10-18-22(21-15(2)8-6-11-19(21)38-3)25(33)23(26(34)30-18)27(35)32-13-16(14-32)31-39(36,37)20-12-7-9-17(28)24(20)29/h6-9,11-12,16,31H,4-5,10,13-14H2,1-3H3,(H2,30,33,34). The van der Waals surface area contributed by atoms with Gasteiger partial charge in [0.2, 0.25) is 10.0 Å². The first kappa shape index (κ1) is 28.2. The normalized spacial score (nSPS) is 13.8. The number of ether oxygens (including phenoxy) is 1. The Hall–Kier alpha value is -3.77. The zero-order valence-electron chi connectivity index (χ0n) is 21.7. The number of aromatic nitrogens is 1. The summed E-state index contributed by atoms with van der Waals surface area (Å²) in [7, 11) is -2.93. The summed E-state index contributed by atoms with van der Waals surface area (Å²) < 4.78 is 60.4. The van der Waals surface area contributed by atoms with Crippen molar-refractivity contribution >= 4 is 15.9 Å². The number of aryl methyl sites for hydroxylation is 2. The summed E-state index contributed by atoms with van der Waals surface area (Å²) in [5, 5.41) is 11.3. The maximum Gasteiger partial charge on any atom is 0.264 e. The van der Waals surface area contributed by atoms with Crippen LogP contribution < -0.4 is 15.0 Å². The third kappa shape index (κ3) is 5.39. The number of unbranched alkanes of at least 4 members (excludes halogenated alkanes) is 1. The van der Waals surface area contributed by atoms with Crippen LogP contribution in [0.1, 0.15) is 41.4 Å². The third-order valence-electron chi connectivity index (χ3n) is 6.66. The molecule has 3 aromatic rings. The van der Waals surface area contributed by atoms with Crippen molar-refractivity contribution in [3.8, 4) is 22.6 Å². The number of benzene rings is 2. The van der Waals surface area contributed by atoms with E-state index >= 15 is 0 Å². The number of aromatic hydroxyl groups is 1. The number of sulfonamides is 1. The maximum atomic E-state index is 14.0. The molecule has 2 aromatic carbocycles. The minimum absolute atomic E-state index is 0.144. The van der Waals surface area contributed by atoms with E-state index in [1.54, 1.807) is 12.1 Å². The number of hydrogen-bond acceptors (Lipinski definition) is 6. The molecule has 1 aromatic heterocycles. The van der Waals surface area contributed by atoms with Crippen molar-refractivity contribution in [1.82, 2.24) is 14.6 Å². The zero-order chi connectivity index (χ0) is 28.5. The number of H-pyrrole nitrogens is 1. The van der Waals surface area contributed by atoms with Crippen molar-refractivity contribution in [2.75, 3.05) is 20.2 Å². The molecule has 0 saturated carbocycles. The van der Waals surface area contributed by atoms with Gasteiger partial charge >= 0.3 is 0 Å². The lowest BCUT2D eigenvalue weighted by Gasteiger charge is -2.39. The van der Waals surface area contributed by atoms with Gasteiger partial charge in [-0.2, -0.15) is 0 Å². The Morgan fingerprint density at radius 1 is 1.18 bits per heavy atom. The topological polar surface area (TPSA) is 129 Å². The molecule has 1 amide bonds. The Kier molecular flexibility index (Phi) is 8.07. The largest absolute Gasteiger partial charge is 0.506 e. The molecule has 9 nitrogen and oxygen atoms in total. The van der Waals surface area contributed by atoms with Crippen molar-refractivity contribution in [3.63, 3.8) is 0 Å². The highest BCUT2D eigenvalue weighted by atomic mass is 32.2. The Bertz CT molecular complexity index is 1580. The summed E-state index contributed by atoms with van der Waals surface area (Å²) in [6.07, 6.45) is 2.01. The van der Waals surface area contributed by atoms with Crippen LogP contribution in [0.5, 0.6) is 11.5 Å². The van der Waals surface area contributed by atoms with E-state index in [1.807, 2.05) is 19.9 Å². The second-order valence-electron chi connectivity index (χ2n) is 9.37. The molecule has 0 spiro atoms. The quantitative estimate of drug-likeness (QED) is 0.367. The SMILES string of the molecule is CCCCc1[nH]c(=O)c(C(=O)N2CC(NS(=O)(=O)c3cccc(F)c3F)C2)c(O)c1-c1c(C)cccc1OC. The summed E-state index contributed by atoms with van der Waals surface area (Å²) in [4.78, 5) is 29.4. The number of halogens is 2. The first-order valence-corrected chi connectivity index (χ1v) is 13.9. The number of methoxy groups -OCH3 is 1. The second-order valence-corrected chi connectivity index (χ2v) is 11.0. The van der Waals surface area contributed by atoms with Gasteiger partial charge in [-0.3, -0.25) is 9.59 Å². The average Bonchev–Trinajstić information content (AvgIpc) is 2.86. The molecule has 12 heteroatoms. The highest BCUT2D eigenvalue weighted by Crippen LogP contribution is 2.41. The van der Waals surface area contributed by atoms with Crippen molar-refractivity contribution in [1.29, 1.82) is 0 Å². The minimum atomic E-state index is -4.41. The fourth-order valence-corrected chi connectivity index (χ4v) is 5.94. The summed E-state index contributed by atoms with van der Waals surface area (Å²) in [6, 6.07) is 7.33. The molecule has 3 N–H and O–H groups in total.